The van der Waals surface area contributed by atoms with E-state index in [9.17, 15) is 9.59 Å². The van der Waals surface area contributed by atoms with Crippen molar-refractivity contribution in [1.82, 2.24) is 5.32 Å². The molecular formula is C15H27NO3. The van der Waals surface area contributed by atoms with Gasteiger partial charge in [-0.05, 0) is 30.6 Å². The number of amides is 1. The van der Waals surface area contributed by atoms with Crippen LogP contribution in [-0.2, 0) is 14.3 Å². The summed E-state index contributed by atoms with van der Waals surface area (Å²) < 4.78 is 4.56. The highest BCUT2D eigenvalue weighted by Crippen LogP contribution is 2.37. The lowest BCUT2D eigenvalue weighted by molar-refractivity contribution is -0.140. The standard InChI is InChI=1S/C15H27NO3/c1-10(2)12-6-5-11(3)9-13(12)15(18)16-8-7-14(17)19-4/h10-13H,5-9H2,1-4H3,(H,16,18). The molecule has 0 bridgehead atoms. The minimum atomic E-state index is -0.280. The van der Waals surface area contributed by atoms with Crippen LogP contribution in [0.5, 0.6) is 0 Å². The van der Waals surface area contributed by atoms with Crippen LogP contribution in [0.2, 0.25) is 0 Å². The van der Waals surface area contributed by atoms with Crippen molar-refractivity contribution >= 4 is 11.9 Å². The van der Waals surface area contributed by atoms with E-state index in [1.54, 1.807) is 0 Å². The fourth-order valence-corrected chi connectivity index (χ4v) is 3.02. The average molecular weight is 269 g/mol. The summed E-state index contributed by atoms with van der Waals surface area (Å²) >= 11 is 0. The summed E-state index contributed by atoms with van der Waals surface area (Å²) in [7, 11) is 1.36. The monoisotopic (exact) mass is 269 g/mol. The molecular weight excluding hydrogens is 242 g/mol. The van der Waals surface area contributed by atoms with Gasteiger partial charge in [-0.1, -0.05) is 27.2 Å². The number of carbonyl (C=O) groups excluding carboxylic acids is 2. The number of methoxy groups -OCH3 is 1. The van der Waals surface area contributed by atoms with Gasteiger partial charge >= 0.3 is 5.97 Å². The van der Waals surface area contributed by atoms with Gasteiger partial charge in [-0.15, -0.1) is 0 Å². The van der Waals surface area contributed by atoms with Crippen LogP contribution in [0, 0.1) is 23.7 Å². The van der Waals surface area contributed by atoms with E-state index < -0.39 is 0 Å². The van der Waals surface area contributed by atoms with Gasteiger partial charge in [0.25, 0.3) is 0 Å². The van der Waals surface area contributed by atoms with Crippen LogP contribution in [0.4, 0.5) is 0 Å². The van der Waals surface area contributed by atoms with E-state index in [4.69, 9.17) is 0 Å². The molecule has 1 amide bonds. The van der Waals surface area contributed by atoms with E-state index in [0.717, 1.165) is 12.8 Å². The summed E-state index contributed by atoms with van der Waals surface area (Å²) in [4.78, 5) is 23.3. The van der Waals surface area contributed by atoms with Crippen molar-refractivity contribution in [3.8, 4) is 0 Å². The van der Waals surface area contributed by atoms with Gasteiger partial charge in [0, 0.05) is 12.5 Å². The Morgan fingerprint density at radius 3 is 2.58 bits per heavy atom. The number of rotatable bonds is 5. The van der Waals surface area contributed by atoms with Crippen molar-refractivity contribution in [3.05, 3.63) is 0 Å². The second kappa shape index (κ2) is 7.51. The Labute approximate surface area is 116 Å². The summed E-state index contributed by atoms with van der Waals surface area (Å²) in [5, 5.41) is 2.88. The lowest BCUT2D eigenvalue weighted by Gasteiger charge is -2.36. The van der Waals surface area contributed by atoms with E-state index in [0.29, 0.717) is 24.3 Å². The molecule has 0 saturated heterocycles. The number of esters is 1. The van der Waals surface area contributed by atoms with Crippen molar-refractivity contribution in [3.63, 3.8) is 0 Å². The van der Waals surface area contributed by atoms with Crippen molar-refractivity contribution < 1.29 is 14.3 Å². The van der Waals surface area contributed by atoms with Gasteiger partial charge in [0.1, 0.15) is 0 Å². The lowest BCUT2D eigenvalue weighted by atomic mass is 9.70. The van der Waals surface area contributed by atoms with Gasteiger partial charge in [0.05, 0.1) is 13.5 Å². The molecule has 1 N–H and O–H groups in total. The fourth-order valence-electron chi connectivity index (χ4n) is 3.02. The maximum absolute atomic E-state index is 12.3. The first-order valence-electron chi connectivity index (χ1n) is 7.30. The molecule has 4 nitrogen and oxygen atoms in total. The first kappa shape index (κ1) is 16.0. The summed E-state index contributed by atoms with van der Waals surface area (Å²) in [6.45, 7) is 6.97. The van der Waals surface area contributed by atoms with Crippen LogP contribution in [0.15, 0.2) is 0 Å². The first-order chi connectivity index (χ1) is 8.95. The third-order valence-electron chi connectivity index (χ3n) is 4.22. The predicted octanol–water partition coefficient (Wildman–Crippen LogP) is 2.37. The van der Waals surface area contributed by atoms with Crippen molar-refractivity contribution in [2.24, 2.45) is 23.7 Å². The van der Waals surface area contributed by atoms with E-state index in [-0.39, 0.29) is 24.2 Å². The molecule has 1 saturated carbocycles. The number of hydrogen-bond acceptors (Lipinski definition) is 3. The smallest absolute Gasteiger partial charge is 0.307 e. The molecule has 4 heteroatoms. The summed E-state index contributed by atoms with van der Waals surface area (Å²) in [5.74, 6) is 1.54. The average Bonchev–Trinajstić information content (AvgIpc) is 2.37. The zero-order chi connectivity index (χ0) is 14.4. The Kier molecular flexibility index (Phi) is 6.32. The molecule has 1 aliphatic carbocycles. The Balaban J connectivity index is 2.49. The topological polar surface area (TPSA) is 55.4 Å². The van der Waals surface area contributed by atoms with Gasteiger partial charge in [-0.25, -0.2) is 0 Å². The molecule has 1 rings (SSSR count). The number of nitrogens with one attached hydrogen (secondary N) is 1. The third-order valence-corrected chi connectivity index (χ3v) is 4.22. The number of ether oxygens (including phenoxy) is 1. The third kappa shape index (κ3) is 4.84. The largest absolute Gasteiger partial charge is 0.469 e. The van der Waals surface area contributed by atoms with Gasteiger partial charge in [-0.3, -0.25) is 9.59 Å². The molecule has 3 unspecified atom stereocenters. The molecule has 0 radical (unpaired) electrons. The minimum absolute atomic E-state index is 0.0985. The quantitative estimate of drug-likeness (QED) is 0.780. The SMILES string of the molecule is COC(=O)CCNC(=O)C1CC(C)CCC1C(C)C. The second-order valence-corrected chi connectivity index (χ2v) is 6.05. The van der Waals surface area contributed by atoms with Gasteiger partial charge in [-0.2, -0.15) is 0 Å². The van der Waals surface area contributed by atoms with Crippen LogP contribution in [0.3, 0.4) is 0 Å². The van der Waals surface area contributed by atoms with Crippen molar-refractivity contribution in [2.45, 2.75) is 46.5 Å². The van der Waals surface area contributed by atoms with Gasteiger partial charge in [0.15, 0.2) is 0 Å². The van der Waals surface area contributed by atoms with Crippen molar-refractivity contribution in [2.75, 3.05) is 13.7 Å². The van der Waals surface area contributed by atoms with Gasteiger partial charge in [0.2, 0.25) is 5.91 Å². The molecule has 1 fully saturated rings. The molecule has 0 aromatic rings. The van der Waals surface area contributed by atoms with E-state index in [1.807, 2.05) is 0 Å². The molecule has 0 heterocycles. The number of carbonyl (C=O) groups is 2. The minimum Gasteiger partial charge on any atom is -0.469 e. The van der Waals surface area contributed by atoms with Gasteiger partial charge < -0.3 is 10.1 Å². The summed E-state index contributed by atoms with van der Waals surface area (Å²) in [5.41, 5.74) is 0. The van der Waals surface area contributed by atoms with E-state index in [2.05, 4.69) is 30.8 Å². The van der Waals surface area contributed by atoms with Crippen LogP contribution >= 0.6 is 0 Å². The van der Waals surface area contributed by atoms with E-state index >= 15 is 0 Å². The molecule has 110 valence electrons. The molecule has 0 aromatic heterocycles. The van der Waals surface area contributed by atoms with Crippen LogP contribution in [-0.4, -0.2) is 25.5 Å². The Morgan fingerprint density at radius 2 is 2.00 bits per heavy atom. The maximum Gasteiger partial charge on any atom is 0.307 e. The lowest BCUT2D eigenvalue weighted by Crippen LogP contribution is -2.40. The normalized spacial score (nSPS) is 27.1. The maximum atomic E-state index is 12.3. The highest BCUT2D eigenvalue weighted by molar-refractivity contribution is 5.79. The summed E-state index contributed by atoms with van der Waals surface area (Å²) in [6.07, 6.45) is 3.56. The van der Waals surface area contributed by atoms with Crippen LogP contribution in [0.25, 0.3) is 0 Å². The predicted molar refractivity (Wildman–Crippen MR) is 74.5 cm³/mol. The highest BCUT2D eigenvalue weighted by atomic mass is 16.5. The highest BCUT2D eigenvalue weighted by Gasteiger charge is 2.35. The molecule has 0 aliphatic heterocycles. The molecule has 0 aromatic carbocycles. The zero-order valence-corrected chi connectivity index (χ0v) is 12.6. The Bertz CT molecular complexity index is 315. The van der Waals surface area contributed by atoms with E-state index in [1.165, 1.54) is 13.5 Å². The number of hydrogen-bond donors (Lipinski definition) is 1. The van der Waals surface area contributed by atoms with Crippen molar-refractivity contribution in [1.29, 1.82) is 0 Å². The molecule has 3 atom stereocenters. The first-order valence-corrected chi connectivity index (χ1v) is 7.30. The fraction of sp³-hybridized carbons (Fsp3) is 0.867. The Hall–Kier alpha value is -1.06. The van der Waals surface area contributed by atoms with Crippen LogP contribution < -0.4 is 5.32 Å². The second-order valence-electron chi connectivity index (χ2n) is 6.05. The molecule has 0 spiro atoms. The molecule has 19 heavy (non-hydrogen) atoms. The van der Waals surface area contributed by atoms with Crippen LogP contribution in [0.1, 0.15) is 46.5 Å². The summed E-state index contributed by atoms with van der Waals surface area (Å²) in [6, 6.07) is 0. The Morgan fingerprint density at radius 1 is 1.32 bits per heavy atom. The molecule has 1 aliphatic rings. The zero-order valence-electron chi connectivity index (χ0n) is 12.6.